The Labute approximate surface area is 101 Å². The van der Waals surface area contributed by atoms with Gasteiger partial charge < -0.3 is 5.32 Å². The van der Waals surface area contributed by atoms with Gasteiger partial charge in [0.25, 0.3) is 0 Å². The summed E-state index contributed by atoms with van der Waals surface area (Å²) in [5, 5.41) is 3.51. The van der Waals surface area contributed by atoms with Crippen LogP contribution < -0.4 is 5.32 Å². The first-order chi connectivity index (χ1) is 6.95. The highest BCUT2D eigenvalue weighted by atomic mass is 32.2. The Hall–Kier alpha value is 0.310. The summed E-state index contributed by atoms with van der Waals surface area (Å²) in [5.74, 6) is 3.45. The molecule has 2 heteroatoms. The lowest BCUT2D eigenvalue weighted by Crippen LogP contribution is -2.22. The predicted molar refractivity (Wildman–Crippen MR) is 73.7 cm³/mol. The van der Waals surface area contributed by atoms with Gasteiger partial charge >= 0.3 is 0 Å². The van der Waals surface area contributed by atoms with E-state index >= 15 is 0 Å². The second kappa shape index (κ2) is 8.46. The molecule has 0 amide bonds. The van der Waals surface area contributed by atoms with Crippen molar-refractivity contribution in [2.45, 2.75) is 47.5 Å². The van der Waals surface area contributed by atoms with Crippen molar-refractivity contribution in [3.63, 3.8) is 0 Å². The molecule has 0 bridgehead atoms. The Bertz CT molecular complexity index is 140. The van der Waals surface area contributed by atoms with Gasteiger partial charge in [-0.15, -0.1) is 0 Å². The van der Waals surface area contributed by atoms with Crippen LogP contribution in [0.1, 0.15) is 47.5 Å². The average Bonchev–Trinajstić information content (AvgIpc) is 2.14. The first kappa shape index (κ1) is 15.3. The van der Waals surface area contributed by atoms with E-state index in [-0.39, 0.29) is 0 Å². The Balaban J connectivity index is 3.12. The van der Waals surface area contributed by atoms with Crippen LogP contribution in [0.25, 0.3) is 0 Å². The molecule has 15 heavy (non-hydrogen) atoms. The predicted octanol–water partition coefficient (Wildman–Crippen LogP) is 3.79. The van der Waals surface area contributed by atoms with Gasteiger partial charge in [0.1, 0.15) is 0 Å². The molecule has 0 aliphatic carbocycles. The second-order valence-corrected chi connectivity index (χ2v) is 6.80. The third-order valence-electron chi connectivity index (χ3n) is 2.57. The number of thioether (sulfide) groups is 1. The Kier molecular flexibility index (Phi) is 8.64. The summed E-state index contributed by atoms with van der Waals surface area (Å²) in [6.07, 6.45) is 2.58. The van der Waals surface area contributed by atoms with E-state index in [0.717, 1.165) is 19.0 Å². The van der Waals surface area contributed by atoms with Crippen molar-refractivity contribution in [1.29, 1.82) is 0 Å². The van der Waals surface area contributed by atoms with Crippen LogP contribution in [-0.2, 0) is 0 Å². The van der Waals surface area contributed by atoms with E-state index in [1.165, 1.54) is 24.3 Å². The lowest BCUT2D eigenvalue weighted by atomic mass is 9.92. The molecule has 0 fully saturated rings. The Morgan fingerprint density at radius 2 is 1.87 bits per heavy atom. The third-order valence-corrected chi connectivity index (χ3v) is 3.87. The highest BCUT2D eigenvalue weighted by molar-refractivity contribution is 7.99. The molecule has 0 aromatic rings. The molecule has 0 saturated carbocycles. The minimum absolute atomic E-state index is 0.469. The number of hydrogen-bond donors (Lipinski definition) is 1. The van der Waals surface area contributed by atoms with Crippen LogP contribution in [0.5, 0.6) is 0 Å². The fraction of sp³-hybridized carbons (Fsp3) is 1.00. The molecule has 0 aliphatic rings. The molecule has 0 radical (unpaired) electrons. The molecule has 1 atom stereocenters. The molecule has 0 rings (SSSR count). The van der Waals surface area contributed by atoms with Gasteiger partial charge in [-0.3, -0.25) is 0 Å². The molecule has 0 saturated heterocycles. The zero-order valence-corrected chi connectivity index (χ0v) is 12.0. The van der Waals surface area contributed by atoms with Crippen molar-refractivity contribution in [3.8, 4) is 0 Å². The van der Waals surface area contributed by atoms with E-state index < -0.39 is 0 Å². The number of hydrogen-bond acceptors (Lipinski definition) is 2. The van der Waals surface area contributed by atoms with E-state index in [1.807, 2.05) is 0 Å². The molecule has 0 heterocycles. The van der Waals surface area contributed by atoms with Gasteiger partial charge in [0.05, 0.1) is 0 Å². The summed E-state index contributed by atoms with van der Waals surface area (Å²) in [6.45, 7) is 13.8. The van der Waals surface area contributed by atoms with Crippen molar-refractivity contribution in [3.05, 3.63) is 0 Å². The van der Waals surface area contributed by atoms with Gasteiger partial charge in [0.15, 0.2) is 0 Å². The van der Waals surface area contributed by atoms with Crippen LogP contribution >= 0.6 is 11.8 Å². The van der Waals surface area contributed by atoms with Gasteiger partial charge in [-0.05, 0) is 30.1 Å². The SMILES string of the molecule is CCC(C)CSCCNCCC(C)(C)C. The van der Waals surface area contributed by atoms with E-state index in [2.05, 4.69) is 51.7 Å². The average molecular weight is 231 g/mol. The normalized spacial score (nSPS) is 14.2. The van der Waals surface area contributed by atoms with Gasteiger partial charge in [0, 0.05) is 12.3 Å². The summed E-state index contributed by atoms with van der Waals surface area (Å²) in [4.78, 5) is 0. The maximum atomic E-state index is 3.51. The quantitative estimate of drug-likeness (QED) is 0.638. The van der Waals surface area contributed by atoms with E-state index in [9.17, 15) is 0 Å². The minimum Gasteiger partial charge on any atom is -0.316 e. The second-order valence-electron chi connectivity index (χ2n) is 5.65. The van der Waals surface area contributed by atoms with Gasteiger partial charge in [-0.25, -0.2) is 0 Å². The number of nitrogens with one attached hydrogen (secondary N) is 1. The van der Waals surface area contributed by atoms with Crippen LogP contribution in [-0.4, -0.2) is 24.6 Å². The van der Waals surface area contributed by atoms with Crippen LogP contribution in [0.4, 0.5) is 0 Å². The van der Waals surface area contributed by atoms with Crippen LogP contribution in [0, 0.1) is 11.3 Å². The Morgan fingerprint density at radius 3 is 2.40 bits per heavy atom. The smallest absolute Gasteiger partial charge is 0.00582 e. The maximum absolute atomic E-state index is 3.51. The fourth-order valence-electron chi connectivity index (χ4n) is 1.14. The first-order valence-corrected chi connectivity index (χ1v) is 7.39. The molecule has 1 nitrogen and oxygen atoms in total. The largest absolute Gasteiger partial charge is 0.316 e. The monoisotopic (exact) mass is 231 g/mol. The molecule has 0 aromatic carbocycles. The van der Waals surface area contributed by atoms with Crippen LogP contribution in [0.15, 0.2) is 0 Å². The van der Waals surface area contributed by atoms with Crippen molar-refractivity contribution >= 4 is 11.8 Å². The van der Waals surface area contributed by atoms with Gasteiger partial charge in [-0.2, -0.15) is 11.8 Å². The van der Waals surface area contributed by atoms with E-state index in [4.69, 9.17) is 0 Å². The Morgan fingerprint density at radius 1 is 1.20 bits per heavy atom. The highest BCUT2D eigenvalue weighted by Crippen LogP contribution is 2.16. The minimum atomic E-state index is 0.469. The molecule has 1 N–H and O–H groups in total. The molecule has 0 aromatic heterocycles. The summed E-state index contributed by atoms with van der Waals surface area (Å²) in [7, 11) is 0. The summed E-state index contributed by atoms with van der Waals surface area (Å²) >= 11 is 2.08. The lowest BCUT2D eigenvalue weighted by Gasteiger charge is -2.18. The van der Waals surface area contributed by atoms with E-state index in [0.29, 0.717) is 5.41 Å². The molecule has 0 spiro atoms. The standard InChI is InChI=1S/C13H29NS/c1-6-12(2)11-15-10-9-14-8-7-13(3,4)5/h12,14H,6-11H2,1-5H3. The molecular weight excluding hydrogens is 202 g/mol. The molecule has 1 unspecified atom stereocenters. The maximum Gasteiger partial charge on any atom is 0.00582 e. The molecular formula is C13H29NS. The first-order valence-electron chi connectivity index (χ1n) is 6.24. The number of rotatable bonds is 8. The van der Waals surface area contributed by atoms with Crippen LogP contribution in [0.3, 0.4) is 0 Å². The topological polar surface area (TPSA) is 12.0 Å². The molecule has 92 valence electrons. The highest BCUT2D eigenvalue weighted by Gasteiger charge is 2.08. The van der Waals surface area contributed by atoms with Crippen LogP contribution in [0.2, 0.25) is 0 Å². The van der Waals surface area contributed by atoms with Gasteiger partial charge in [0.2, 0.25) is 0 Å². The van der Waals surface area contributed by atoms with Crippen molar-refractivity contribution in [2.75, 3.05) is 24.6 Å². The van der Waals surface area contributed by atoms with E-state index in [1.54, 1.807) is 0 Å². The zero-order valence-electron chi connectivity index (χ0n) is 11.2. The molecule has 0 aliphatic heterocycles. The zero-order chi connectivity index (χ0) is 11.7. The summed E-state index contributed by atoms with van der Waals surface area (Å²) < 4.78 is 0. The lowest BCUT2D eigenvalue weighted by molar-refractivity contribution is 0.369. The summed E-state index contributed by atoms with van der Waals surface area (Å²) in [5.41, 5.74) is 0.469. The van der Waals surface area contributed by atoms with Gasteiger partial charge in [-0.1, -0.05) is 41.0 Å². The van der Waals surface area contributed by atoms with Crippen molar-refractivity contribution in [2.24, 2.45) is 11.3 Å². The fourth-order valence-corrected chi connectivity index (χ4v) is 2.23. The van der Waals surface area contributed by atoms with Crippen molar-refractivity contribution in [1.82, 2.24) is 5.32 Å². The third kappa shape index (κ3) is 12.2. The van der Waals surface area contributed by atoms with Crippen molar-refractivity contribution < 1.29 is 0 Å². The summed E-state index contributed by atoms with van der Waals surface area (Å²) in [6, 6.07) is 0.